The van der Waals surface area contributed by atoms with Gasteiger partial charge in [-0.05, 0) is 23.6 Å². The molecule has 1 aromatic heterocycles. The van der Waals surface area contributed by atoms with Crippen molar-refractivity contribution < 1.29 is 5.11 Å². The molecule has 1 aromatic carbocycles. The Kier molecular flexibility index (Phi) is 3.48. The molecule has 1 atom stereocenters. The lowest BCUT2D eigenvalue weighted by Gasteiger charge is -2.14. The van der Waals surface area contributed by atoms with Gasteiger partial charge in [-0.25, -0.2) is 0 Å². The fourth-order valence-electron chi connectivity index (χ4n) is 1.58. The number of nitriles is 1. The molecule has 17 heavy (non-hydrogen) atoms. The standard InChI is InChI=1S/C12H9BrN2OS/c13-8-4-3-7(6-14)12(16)10(8)11(15)9-2-1-5-17-9/h1-5,11,16H,15H2/t11-/m1/s1. The van der Waals surface area contributed by atoms with E-state index >= 15 is 0 Å². The lowest BCUT2D eigenvalue weighted by Crippen LogP contribution is -2.11. The normalized spacial score (nSPS) is 12.1. The van der Waals surface area contributed by atoms with Gasteiger partial charge in [0.25, 0.3) is 0 Å². The van der Waals surface area contributed by atoms with Gasteiger partial charge in [0.1, 0.15) is 11.8 Å². The van der Waals surface area contributed by atoms with E-state index in [2.05, 4.69) is 15.9 Å². The molecule has 0 saturated carbocycles. The maximum atomic E-state index is 10.0. The predicted octanol–water partition coefficient (Wildman–Crippen LogP) is 3.14. The Morgan fingerprint density at radius 1 is 1.41 bits per heavy atom. The summed E-state index contributed by atoms with van der Waals surface area (Å²) in [6.07, 6.45) is 0. The van der Waals surface area contributed by atoms with E-state index in [0.717, 1.165) is 4.88 Å². The first-order chi connectivity index (χ1) is 8.15. The molecular formula is C12H9BrN2OS. The molecular weight excluding hydrogens is 300 g/mol. The Morgan fingerprint density at radius 3 is 2.76 bits per heavy atom. The van der Waals surface area contributed by atoms with Crippen LogP contribution in [-0.4, -0.2) is 5.11 Å². The third-order valence-corrected chi connectivity index (χ3v) is 4.09. The highest BCUT2D eigenvalue weighted by Crippen LogP contribution is 2.37. The van der Waals surface area contributed by atoms with Crippen LogP contribution in [0.1, 0.15) is 22.0 Å². The fraction of sp³-hybridized carbons (Fsp3) is 0.0833. The van der Waals surface area contributed by atoms with E-state index in [0.29, 0.717) is 10.0 Å². The molecule has 2 aromatic rings. The molecule has 0 spiro atoms. The average molecular weight is 309 g/mol. The van der Waals surface area contributed by atoms with Crippen LogP contribution < -0.4 is 5.73 Å². The van der Waals surface area contributed by atoms with Gasteiger partial charge < -0.3 is 10.8 Å². The first-order valence-corrected chi connectivity index (χ1v) is 6.53. The molecule has 3 N–H and O–H groups in total. The zero-order valence-electron chi connectivity index (χ0n) is 8.72. The number of nitrogens with two attached hydrogens (primary N) is 1. The van der Waals surface area contributed by atoms with Gasteiger partial charge in [0, 0.05) is 14.9 Å². The summed E-state index contributed by atoms with van der Waals surface area (Å²) in [4.78, 5) is 0.941. The van der Waals surface area contributed by atoms with Gasteiger partial charge in [0.2, 0.25) is 0 Å². The second-order valence-electron chi connectivity index (χ2n) is 3.46. The number of hydrogen-bond acceptors (Lipinski definition) is 4. The smallest absolute Gasteiger partial charge is 0.139 e. The van der Waals surface area contributed by atoms with Crippen LogP contribution in [-0.2, 0) is 0 Å². The van der Waals surface area contributed by atoms with E-state index in [4.69, 9.17) is 11.0 Å². The highest BCUT2D eigenvalue weighted by atomic mass is 79.9. The monoisotopic (exact) mass is 308 g/mol. The molecule has 0 amide bonds. The minimum Gasteiger partial charge on any atom is -0.506 e. The summed E-state index contributed by atoms with van der Waals surface area (Å²) in [5, 5.41) is 20.8. The molecule has 0 saturated heterocycles. The number of aromatic hydroxyl groups is 1. The van der Waals surface area contributed by atoms with Crippen LogP contribution >= 0.6 is 27.3 Å². The van der Waals surface area contributed by atoms with Gasteiger partial charge in [-0.15, -0.1) is 11.3 Å². The number of halogens is 1. The van der Waals surface area contributed by atoms with Crippen molar-refractivity contribution in [1.29, 1.82) is 5.26 Å². The van der Waals surface area contributed by atoms with Gasteiger partial charge >= 0.3 is 0 Å². The number of nitrogens with zero attached hydrogens (tertiary/aromatic N) is 1. The Balaban J connectivity index is 2.56. The van der Waals surface area contributed by atoms with Crippen molar-refractivity contribution in [1.82, 2.24) is 0 Å². The Hall–Kier alpha value is -1.35. The quantitative estimate of drug-likeness (QED) is 0.895. The summed E-state index contributed by atoms with van der Waals surface area (Å²) in [6.45, 7) is 0. The minimum atomic E-state index is -0.433. The van der Waals surface area contributed by atoms with Crippen molar-refractivity contribution in [2.75, 3.05) is 0 Å². The van der Waals surface area contributed by atoms with Crippen LogP contribution in [0, 0.1) is 11.3 Å². The summed E-state index contributed by atoms with van der Waals surface area (Å²) < 4.78 is 0.704. The molecule has 1 heterocycles. The van der Waals surface area contributed by atoms with E-state index < -0.39 is 6.04 Å². The lowest BCUT2D eigenvalue weighted by molar-refractivity contribution is 0.463. The van der Waals surface area contributed by atoms with E-state index in [1.54, 1.807) is 12.1 Å². The summed E-state index contributed by atoms with van der Waals surface area (Å²) in [5.74, 6) is -0.0530. The Bertz CT molecular complexity index is 575. The van der Waals surface area contributed by atoms with Crippen molar-refractivity contribution >= 4 is 27.3 Å². The zero-order chi connectivity index (χ0) is 12.4. The van der Waals surface area contributed by atoms with Crippen LogP contribution in [0.25, 0.3) is 0 Å². The molecule has 86 valence electrons. The maximum Gasteiger partial charge on any atom is 0.139 e. The number of phenolic OH excluding ortho intramolecular Hbond substituents is 1. The summed E-state index contributed by atoms with van der Waals surface area (Å²) in [5.41, 5.74) is 6.88. The third kappa shape index (κ3) is 2.20. The molecule has 0 aliphatic rings. The van der Waals surface area contributed by atoms with Crippen molar-refractivity contribution in [3.8, 4) is 11.8 Å². The number of rotatable bonds is 2. The van der Waals surface area contributed by atoms with E-state index in [9.17, 15) is 5.11 Å². The van der Waals surface area contributed by atoms with E-state index in [-0.39, 0.29) is 11.3 Å². The number of benzene rings is 1. The van der Waals surface area contributed by atoms with Crippen LogP contribution in [0.4, 0.5) is 0 Å². The summed E-state index contributed by atoms with van der Waals surface area (Å²) in [7, 11) is 0. The van der Waals surface area contributed by atoms with Crippen LogP contribution in [0.2, 0.25) is 0 Å². The molecule has 0 bridgehead atoms. The molecule has 2 rings (SSSR count). The van der Waals surface area contributed by atoms with Crippen molar-refractivity contribution in [2.45, 2.75) is 6.04 Å². The Morgan fingerprint density at radius 2 is 2.18 bits per heavy atom. The van der Waals surface area contributed by atoms with E-state index in [1.807, 2.05) is 23.6 Å². The van der Waals surface area contributed by atoms with Gasteiger partial charge in [0.15, 0.2) is 0 Å². The third-order valence-electron chi connectivity index (χ3n) is 2.45. The van der Waals surface area contributed by atoms with Crippen molar-refractivity contribution in [2.24, 2.45) is 5.73 Å². The minimum absolute atomic E-state index is 0.0530. The molecule has 0 radical (unpaired) electrons. The summed E-state index contributed by atoms with van der Waals surface area (Å²) in [6, 6.07) is 8.59. The maximum absolute atomic E-state index is 10.0. The second-order valence-corrected chi connectivity index (χ2v) is 5.30. The molecule has 0 aliphatic carbocycles. The van der Waals surface area contributed by atoms with Gasteiger partial charge in [-0.3, -0.25) is 0 Å². The van der Waals surface area contributed by atoms with Crippen molar-refractivity contribution in [3.05, 3.63) is 50.1 Å². The summed E-state index contributed by atoms with van der Waals surface area (Å²) >= 11 is 4.87. The number of thiophene rings is 1. The average Bonchev–Trinajstić information content (AvgIpc) is 2.82. The first kappa shape index (κ1) is 12.1. The molecule has 0 unspecified atom stereocenters. The second kappa shape index (κ2) is 4.88. The van der Waals surface area contributed by atoms with E-state index in [1.165, 1.54) is 11.3 Å². The SMILES string of the molecule is N#Cc1ccc(Br)c([C@H](N)c2cccs2)c1O. The lowest BCUT2D eigenvalue weighted by atomic mass is 10.0. The topological polar surface area (TPSA) is 70.0 Å². The molecule has 0 aliphatic heterocycles. The first-order valence-electron chi connectivity index (χ1n) is 4.85. The molecule has 5 heteroatoms. The van der Waals surface area contributed by atoms with Gasteiger partial charge in [0.05, 0.1) is 11.6 Å². The van der Waals surface area contributed by atoms with Gasteiger partial charge in [-0.1, -0.05) is 22.0 Å². The van der Waals surface area contributed by atoms with Gasteiger partial charge in [-0.2, -0.15) is 5.26 Å². The Labute approximate surface area is 111 Å². The highest BCUT2D eigenvalue weighted by Gasteiger charge is 2.19. The predicted molar refractivity (Wildman–Crippen MR) is 70.9 cm³/mol. The number of phenols is 1. The fourth-order valence-corrected chi connectivity index (χ4v) is 2.88. The largest absolute Gasteiger partial charge is 0.506 e. The van der Waals surface area contributed by atoms with Crippen LogP contribution in [0.15, 0.2) is 34.1 Å². The highest BCUT2D eigenvalue weighted by molar-refractivity contribution is 9.10. The van der Waals surface area contributed by atoms with Crippen molar-refractivity contribution in [3.63, 3.8) is 0 Å². The molecule has 0 fully saturated rings. The van der Waals surface area contributed by atoms with Crippen LogP contribution in [0.3, 0.4) is 0 Å². The van der Waals surface area contributed by atoms with Crippen LogP contribution in [0.5, 0.6) is 5.75 Å². The number of hydrogen-bond donors (Lipinski definition) is 2. The zero-order valence-corrected chi connectivity index (χ0v) is 11.1. The molecule has 3 nitrogen and oxygen atoms in total.